The highest BCUT2D eigenvalue weighted by molar-refractivity contribution is 5.73. The molecule has 420 valence electrons. The van der Waals surface area contributed by atoms with Crippen LogP contribution < -0.4 is 0 Å². The third-order valence-electron chi connectivity index (χ3n) is 9.58. The molecule has 69 heavy (non-hydrogen) atoms. The van der Waals surface area contributed by atoms with Crippen molar-refractivity contribution in [1.29, 1.82) is 0 Å². The van der Waals surface area contributed by atoms with E-state index < -0.39 is 0 Å². The average molecular weight is 992 g/mol. The highest BCUT2D eigenvalue weighted by atomic mass is 16.6. The number of esters is 4. The van der Waals surface area contributed by atoms with Gasteiger partial charge in [-0.3, -0.25) is 14.4 Å². The fraction of sp³-hybridized carbons (Fsp3) is 0.933. The third kappa shape index (κ3) is 74.9. The number of rotatable bonds is 16. The number of carbonyl (C=O) groups excluding carboxylic acids is 4. The van der Waals surface area contributed by atoms with E-state index in [-0.39, 0.29) is 91.0 Å². The lowest BCUT2D eigenvalue weighted by atomic mass is 9.90. The van der Waals surface area contributed by atoms with Gasteiger partial charge in [0.05, 0.1) is 37.3 Å². The maximum absolute atomic E-state index is 11.7. The number of hydrogen-bond acceptors (Lipinski definition) is 9. The van der Waals surface area contributed by atoms with Crippen LogP contribution in [0, 0.1) is 50.2 Å². The Labute approximate surface area is 433 Å². The van der Waals surface area contributed by atoms with Crippen LogP contribution in [0.3, 0.4) is 0 Å². The molecule has 0 aliphatic heterocycles. The van der Waals surface area contributed by atoms with Crippen LogP contribution in [0.5, 0.6) is 0 Å². The molecule has 0 aromatic carbocycles. The SMILES string of the molecule is C.C.CC(C)CC(=O)OCCC(C)(C)C.CC(CC(C)(C)C)OC(=O)C(C)C.CC(CC(C)(C)C)OC(=O)C1CCCC1.CCC(C)(C)C.CCCC(C)(C)C.CCCOCC(=O)OCC(C)(C)C. The van der Waals surface area contributed by atoms with E-state index in [2.05, 4.69) is 118 Å². The maximum atomic E-state index is 11.7. The second-order valence-electron chi connectivity index (χ2n) is 26.8. The largest absolute Gasteiger partial charge is 0.466 e. The third-order valence-corrected chi connectivity index (χ3v) is 9.58. The first-order valence-electron chi connectivity index (χ1n) is 26.3. The van der Waals surface area contributed by atoms with Crippen LogP contribution in [-0.2, 0) is 42.9 Å². The summed E-state index contributed by atoms with van der Waals surface area (Å²) in [5.74, 6) is 0.139. The van der Waals surface area contributed by atoms with Crippen molar-refractivity contribution in [3.8, 4) is 0 Å². The summed E-state index contributed by atoms with van der Waals surface area (Å²) < 4.78 is 25.8. The number of hydrogen-bond donors (Lipinski definition) is 0. The van der Waals surface area contributed by atoms with Gasteiger partial charge in [0.25, 0.3) is 0 Å². The minimum atomic E-state index is -0.275. The summed E-state index contributed by atoms with van der Waals surface area (Å²) in [6, 6.07) is 0. The molecule has 0 aromatic heterocycles. The quantitative estimate of drug-likeness (QED) is 0.0847. The lowest BCUT2D eigenvalue weighted by Crippen LogP contribution is -2.24. The fourth-order valence-corrected chi connectivity index (χ4v) is 5.85. The zero-order valence-corrected chi connectivity index (χ0v) is 49.9. The van der Waals surface area contributed by atoms with Gasteiger partial charge in [-0.2, -0.15) is 0 Å². The molecule has 1 saturated carbocycles. The van der Waals surface area contributed by atoms with E-state index in [0.717, 1.165) is 38.5 Å². The molecule has 2 atom stereocenters. The first-order valence-corrected chi connectivity index (χ1v) is 26.3. The van der Waals surface area contributed by atoms with Crippen molar-refractivity contribution in [3.05, 3.63) is 0 Å². The molecule has 0 heterocycles. The minimum absolute atomic E-state index is 0. The average Bonchev–Trinajstić information content (AvgIpc) is 3.64. The first kappa shape index (κ1) is 80.9. The molecular formula is C60H126O9. The molecule has 0 N–H and O–H groups in total. The molecule has 0 spiro atoms. The summed E-state index contributed by atoms with van der Waals surface area (Å²) in [7, 11) is 0. The smallest absolute Gasteiger partial charge is 0.332 e. The monoisotopic (exact) mass is 991 g/mol. The van der Waals surface area contributed by atoms with E-state index in [1.165, 1.54) is 32.1 Å². The van der Waals surface area contributed by atoms with Crippen molar-refractivity contribution in [1.82, 2.24) is 0 Å². The van der Waals surface area contributed by atoms with Crippen molar-refractivity contribution in [2.24, 2.45) is 50.2 Å². The topological polar surface area (TPSA) is 114 Å². The Morgan fingerprint density at radius 1 is 0.507 bits per heavy atom. The summed E-state index contributed by atoms with van der Waals surface area (Å²) in [5, 5.41) is 0. The molecule has 1 aliphatic rings. The van der Waals surface area contributed by atoms with E-state index >= 15 is 0 Å². The summed E-state index contributed by atoms with van der Waals surface area (Å²) in [6.07, 6.45) is 12.7. The van der Waals surface area contributed by atoms with Crippen molar-refractivity contribution >= 4 is 23.9 Å². The zero-order chi connectivity index (χ0) is 54.0. The van der Waals surface area contributed by atoms with Crippen molar-refractivity contribution in [3.63, 3.8) is 0 Å². The molecule has 1 rings (SSSR count). The highest BCUT2D eigenvalue weighted by Gasteiger charge is 2.27. The second kappa shape index (κ2) is 41.3. The van der Waals surface area contributed by atoms with Crippen LogP contribution in [0.2, 0.25) is 0 Å². The Morgan fingerprint density at radius 2 is 0.928 bits per heavy atom. The number of carbonyl (C=O) groups is 4. The van der Waals surface area contributed by atoms with Gasteiger partial charge in [0.2, 0.25) is 0 Å². The van der Waals surface area contributed by atoms with Gasteiger partial charge in [-0.15, -0.1) is 0 Å². The number of ether oxygens (including phenoxy) is 5. The van der Waals surface area contributed by atoms with Crippen molar-refractivity contribution < 1.29 is 42.9 Å². The molecule has 1 fully saturated rings. The van der Waals surface area contributed by atoms with Crippen LogP contribution in [-0.4, -0.2) is 62.5 Å². The molecular weight excluding hydrogens is 865 g/mol. The van der Waals surface area contributed by atoms with Crippen LogP contribution in [0.15, 0.2) is 0 Å². The molecule has 9 nitrogen and oxygen atoms in total. The minimum Gasteiger partial charge on any atom is -0.466 e. The molecule has 0 bridgehead atoms. The molecule has 2 unspecified atom stereocenters. The van der Waals surface area contributed by atoms with Gasteiger partial charge in [-0.25, -0.2) is 4.79 Å². The molecule has 0 amide bonds. The van der Waals surface area contributed by atoms with Crippen molar-refractivity contribution in [2.75, 3.05) is 26.4 Å². The summed E-state index contributed by atoms with van der Waals surface area (Å²) >= 11 is 0. The van der Waals surface area contributed by atoms with E-state index in [1.54, 1.807) is 0 Å². The van der Waals surface area contributed by atoms with Gasteiger partial charge in [-0.1, -0.05) is 214 Å². The van der Waals surface area contributed by atoms with Crippen LogP contribution in [0.4, 0.5) is 0 Å². The van der Waals surface area contributed by atoms with Gasteiger partial charge in [-0.05, 0) is 97.2 Å². The van der Waals surface area contributed by atoms with Crippen LogP contribution in [0.25, 0.3) is 0 Å². The first-order chi connectivity index (χ1) is 30.0. The van der Waals surface area contributed by atoms with Crippen LogP contribution in [0.1, 0.15) is 279 Å². The van der Waals surface area contributed by atoms with Gasteiger partial charge in [0.15, 0.2) is 0 Å². The Hall–Kier alpha value is -2.16. The second-order valence-corrected chi connectivity index (χ2v) is 26.8. The van der Waals surface area contributed by atoms with E-state index in [1.807, 2.05) is 69.2 Å². The lowest BCUT2D eigenvalue weighted by Gasteiger charge is -2.24. The molecule has 0 saturated heterocycles. The summed E-state index contributed by atoms with van der Waals surface area (Å²) in [4.78, 5) is 45.1. The Morgan fingerprint density at radius 3 is 1.23 bits per heavy atom. The summed E-state index contributed by atoms with van der Waals surface area (Å²) in [5.41, 5.74) is 1.82. The van der Waals surface area contributed by atoms with Crippen molar-refractivity contribution in [2.45, 2.75) is 291 Å². The molecule has 0 radical (unpaired) electrons. The lowest BCUT2D eigenvalue weighted by molar-refractivity contribution is -0.154. The van der Waals surface area contributed by atoms with Crippen LogP contribution >= 0.6 is 0 Å². The Bertz CT molecular complexity index is 1220. The highest BCUT2D eigenvalue weighted by Crippen LogP contribution is 2.28. The molecule has 1 aliphatic carbocycles. The fourth-order valence-electron chi connectivity index (χ4n) is 5.85. The van der Waals surface area contributed by atoms with E-state index in [4.69, 9.17) is 23.7 Å². The Kier molecular flexibility index (Phi) is 48.5. The maximum Gasteiger partial charge on any atom is 0.332 e. The normalized spacial score (nSPS) is 13.8. The van der Waals surface area contributed by atoms with E-state index in [0.29, 0.717) is 43.0 Å². The predicted octanol–water partition coefficient (Wildman–Crippen LogP) is 18.1. The summed E-state index contributed by atoms with van der Waals surface area (Å²) in [6.45, 7) is 58.8. The van der Waals surface area contributed by atoms with Gasteiger partial charge in [0, 0.05) is 13.0 Å². The molecule has 0 aromatic rings. The van der Waals surface area contributed by atoms with Gasteiger partial charge < -0.3 is 23.7 Å². The molecule has 9 heteroatoms. The predicted molar refractivity (Wildman–Crippen MR) is 300 cm³/mol. The zero-order valence-electron chi connectivity index (χ0n) is 49.9. The standard InChI is InChI=1S/C13H24O2.2C11H22O2.C10H20O3.C7H16.C6H14.2CH4/c1-10(9-13(2,3)4)15-12(14)11-7-5-6-8-11;1-8(2)10(12)13-9(3)7-11(4,5)6;1-9(2)8-10(12)13-7-6-11(3,4)5;1-5-6-12-7-9(11)13-8-10(2,3)4;1-5-6-7(2,3)4;1-5-6(2,3)4;;/h10-11H,5-9H2,1-4H3;8-9H,7H2,1-6H3;9H,6-8H2,1-5H3;5-8H2,1-4H3;5-6H2,1-4H3;5H2,1-4H3;2*1H4. The van der Waals surface area contributed by atoms with Gasteiger partial charge in [0.1, 0.15) is 6.61 Å². The Balaban J connectivity index is -0.000000136. The van der Waals surface area contributed by atoms with Gasteiger partial charge >= 0.3 is 23.9 Å². The van der Waals surface area contributed by atoms with E-state index in [9.17, 15) is 19.2 Å².